The molecule has 2 saturated heterocycles. The molecule has 256 valence electrons. The van der Waals surface area contributed by atoms with Gasteiger partial charge in [0, 0.05) is 62.8 Å². The Labute approximate surface area is 285 Å². The number of anilines is 2. The highest BCUT2D eigenvalue weighted by atomic mass is 16.6. The molecule has 2 fully saturated rings. The number of nitrogens with two attached hydrogens (primary N) is 1. The second-order valence-corrected chi connectivity index (χ2v) is 12.9. The molecule has 1 amide bonds. The van der Waals surface area contributed by atoms with Crippen molar-refractivity contribution >= 4 is 39.5 Å². The van der Waals surface area contributed by atoms with Crippen molar-refractivity contribution < 1.29 is 19.0 Å². The van der Waals surface area contributed by atoms with E-state index in [9.17, 15) is 15.3 Å². The summed E-state index contributed by atoms with van der Waals surface area (Å²) in [6, 6.07) is 11.9. The topological polar surface area (TPSA) is 188 Å². The molecule has 6 heterocycles. The van der Waals surface area contributed by atoms with Gasteiger partial charge in [-0.25, -0.2) is 14.8 Å². The van der Waals surface area contributed by atoms with Gasteiger partial charge in [-0.15, -0.1) is 0 Å². The number of amides is 1. The monoisotopic (exact) mass is 666 g/mol. The fraction of sp³-hybridized carbons (Fsp3) is 0.457. The Kier molecular flexibility index (Phi) is 10.8. The van der Waals surface area contributed by atoms with E-state index in [2.05, 4.69) is 47.2 Å². The zero-order valence-electron chi connectivity index (χ0n) is 28.6. The lowest BCUT2D eigenvalue weighted by Gasteiger charge is -2.34. The van der Waals surface area contributed by atoms with Crippen LogP contribution in [0.5, 0.6) is 11.8 Å². The minimum atomic E-state index is -0.521. The van der Waals surface area contributed by atoms with Crippen molar-refractivity contribution in [3.8, 4) is 23.9 Å². The zero-order valence-corrected chi connectivity index (χ0v) is 28.6. The van der Waals surface area contributed by atoms with Crippen LogP contribution in [0.2, 0.25) is 0 Å². The summed E-state index contributed by atoms with van der Waals surface area (Å²) < 4.78 is 15.8. The predicted octanol–water partition coefficient (Wildman–Crippen LogP) is 4.44. The van der Waals surface area contributed by atoms with Crippen molar-refractivity contribution in [1.29, 1.82) is 10.5 Å². The lowest BCUT2D eigenvalue weighted by Crippen LogP contribution is -2.46. The van der Waals surface area contributed by atoms with Crippen molar-refractivity contribution in [2.75, 3.05) is 50.2 Å². The van der Waals surface area contributed by atoms with E-state index in [1.54, 1.807) is 38.7 Å². The lowest BCUT2D eigenvalue weighted by atomic mass is 10.0. The molecule has 14 nitrogen and oxygen atoms in total. The molecule has 0 aromatic carbocycles. The van der Waals surface area contributed by atoms with Crippen molar-refractivity contribution in [3.63, 3.8) is 0 Å². The van der Waals surface area contributed by atoms with Gasteiger partial charge in [0.2, 0.25) is 11.8 Å². The first-order valence-electron chi connectivity index (χ1n) is 16.3. The average molecular weight is 667 g/mol. The molecule has 2 aliphatic heterocycles. The number of rotatable bonds is 5. The molecule has 4 aromatic heterocycles. The number of nitrogens with one attached hydrogen (secondary N) is 1. The van der Waals surface area contributed by atoms with Gasteiger partial charge in [-0.05, 0) is 58.6 Å². The van der Waals surface area contributed by atoms with E-state index in [0.29, 0.717) is 52.5 Å². The maximum atomic E-state index is 12.0. The number of methoxy groups -OCH3 is 2. The number of piperidine rings is 2. The van der Waals surface area contributed by atoms with Gasteiger partial charge in [0.05, 0.1) is 47.8 Å². The maximum Gasteiger partial charge on any atom is 0.407 e. The van der Waals surface area contributed by atoms with E-state index >= 15 is 0 Å². The number of alkyl carbamates (subject to hydrolysis) is 1. The quantitative estimate of drug-likeness (QED) is 0.304. The van der Waals surface area contributed by atoms with Crippen molar-refractivity contribution in [2.24, 2.45) is 5.73 Å². The molecule has 0 spiro atoms. The van der Waals surface area contributed by atoms with Crippen molar-refractivity contribution in [2.45, 2.75) is 64.1 Å². The maximum absolute atomic E-state index is 12.0. The highest BCUT2D eigenvalue weighted by Crippen LogP contribution is 2.33. The van der Waals surface area contributed by atoms with Gasteiger partial charge in [0.25, 0.3) is 0 Å². The minimum Gasteiger partial charge on any atom is -0.481 e. The van der Waals surface area contributed by atoms with Crippen LogP contribution in [0.3, 0.4) is 0 Å². The fourth-order valence-corrected chi connectivity index (χ4v) is 5.95. The van der Waals surface area contributed by atoms with Crippen LogP contribution in [0.25, 0.3) is 22.1 Å². The first-order chi connectivity index (χ1) is 23.5. The molecule has 4 aromatic rings. The molecule has 14 heteroatoms. The van der Waals surface area contributed by atoms with Crippen LogP contribution in [0.4, 0.5) is 16.2 Å². The van der Waals surface area contributed by atoms with Gasteiger partial charge in [-0.1, -0.05) is 0 Å². The van der Waals surface area contributed by atoms with Gasteiger partial charge >= 0.3 is 6.09 Å². The van der Waals surface area contributed by atoms with E-state index in [0.717, 1.165) is 55.7 Å². The summed E-state index contributed by atoms with van der Waals surface area (Å²) in [5.74, 6) is 1.00. The minimum absolute atomic E-state index is 0.0345. The Hall–Kier alpha value is -5.47. The Morgan fingerprint density at radius 3 is 1.67 bits per heavy atom. The van der Waals surface area contributed by atoms with Crippen LogP contribution < -0.4 is 30.3 Å². The largest absolute Gasteiger partial charge is 0.481 e. The Bertz CT molecular complexity index is 1880. The molecule has 3 N–H and O–H groups in total. The van der Waals surface area contributed by atoms with E-state index < -0.39 is 11.7 Å². The number of nitrogens with zero attached hydrogens (tertiary/aromatic N) is 8. The van der Waals surface area contributed by atoms with Gasteiger partial charge in [-0.2, -0.15) is 10.5 Å². The number of aromatic nitrogens is 4. The second kappa shape index (κ2) is 15.2. The van der Waals surface area contributed by atoms with Gasteiger partial charge in [-0.3, -0.25) is 9.97 Å². The molecular formula is C35H42N10O4. The van der Waals surface area contributed by atoms with Crippen LogP contribution in [0.1, 0.15) is 57.6 Å². The molecule has 49 heavy (non-hydrogen) atoms. The Morgan fingerprint density at radius 1 is 0.816 bits per heavy atom. The summed E-state index contributed by atoms with van der Waals surface area (Å²) in [5.41, 5.74) is 10.9. The summed E-state index contributed by atoms with van der Waals surface area (Å²) in [6.45, 7) is 8.55. The summed E-state index contributed by atoms with van der Waals surface area (Å²) in [4.78, 5) is 34.0. The lowest BCUT2D eigenvalue weighted by molar-refractivity contribution is 0.0497. The Balaban J connectivity index is 0.000000199. The number of fused-ring (bicyclic) bond motifs is 2. The molecule has 0 aliphatic carbocycles. The Morgan fingerprint density at radius 2 is 1.27 bits per heavy atom. The van der Waals surface area contributed by atoms with E-state index in [1.807, 2.05) is 32.9 Å². The molecule has 0 radical (unpaired) electrons. The normalized spacial score (nSPS) is 15.5. The number of carbonyl (C=O) groups is 1. The molecule has 2 aliphatic rings. The first-order valence-corrected chi connectivity index (χ1v) is 16.3. The third-order valence-corrected chi connectivity index (χ3v) is 8.37. The van der Waals surface area contributed by atoms with Crippen molar-refractivity contribution in [3.05, 3.63) is 47.8 Å². The van der Waals surface area contributed by atoms with E-state index in [1.165, 1.54) is 0 Å². The highest BCUT2D eigenvalue weighted by molar-refractivity contribution is 5.92. The number of hydrogen-bond acceptors (Lipinski definition) is 13. The van der Waals surface area contributed by atoms with Crippen LogP contribution in [0.15, 0.2) is 36.7 Å². The zero-order chi connectivity index (χ0) is 35.1. The van der Waals surface area contributed by atoms with Gasteiger partial charge in [0.1, 0.15) is 28.8 Å². The molecule has 0 bridgehead atoms. The van der Waals surface area contributed by atoms with Crippen LogP contribution in [0, 0.1) is 22.7 Å². The first kappa shape index (κ1) is 34.9. The second-order valence-electron chi connectivity index (χ2n) is 12.9. The molecule has 0 atom stereocenters. The van der Waals surface area contributed by atoms with E-state index in [4.69, 9.17) is 19.9 Å². The summed E-state index contributed by atoms with van der Waals surface area (Å²) >= 11 is 0. The van der Waals surface area contributed by atoms with Gasteiger partial charge < -0.3 is 35.1 Å². The summed E-state index contributed by atoms with van der Waals surface area (Å²) in [6.07, 6.45) is 6.12. The van der Waals surface area contributed by atoms with Gasteiger partial charge in [0.15, 0.2) is 0 Å². The number of nitriles is 2. The number of carbonyl (C=O) groups excluding carboxylic acids is 1. The van der Waals surface area contributed by atoms with Crippen LogP contribution >= 0.6 is 0 Å². The predicted molar refractivity (Wildman–Crippen MR) is 186 cm³/mol. The fourth-order valence-electron chi connectivity index (χ4n) is 5.95. The third kappa shape index (κ3) is 8.34. The van der Waals surface area contributed by atoms with Crippen LogP contribution in [-0.2, 0) is 4.74 Å². The average Bonchev–Trinajstić information content (AvgIpc) is 3.10. The summed E-state index contributed by atoms with van der Waals surface area (Å²) in [5, 5.41) is 21.9. The van der Waals surface area contributed by atoms with E-state index in [-0.39, 0.29) is 12.1 Å². The third-order valence-electron chi connectivity index (χ3n) is 8.37. The molecule has 0 saturated carbocycles. The number of hydrogen-bond donors (Lipinski definition) is 2. The SMILES string of the molecule is COc1ccc2ncc(C#N)c(N3CCC(N)CC3)c2n1.COc1ccc2ncc(C#N)c(N3CCC(NC(=O)OC(C)(C)C)CC3)c2n1. The van der Waals surface area contributed by atoms with Crippen molar-refractivity contribution in [1.82, 2.24) is 25.3 Å². The standard InChI is InChI=1S/C20H25N5O3.C15H17N5O/c1-20(2,3)28-19(26)23-14-7-9-25(10-8-14)18-13(11-21)12-22-15-5-6-16(27-4)24-17(15)18;1-21-13-3-2-12-14(19-13)15(10(8-16)9-18-12)20-6-4-11(17)5-7-20/h5-6,12,14H,7-10H2,1-4H3,(H,23,26);2-3,9,11H,4-7,17H2,1H3. The number of ether oxygens (including phenoxy) is 3. The molecule has 0 unspecified atom stereocenters. The highest BCUT2D eigenvalue weighted by Gasteiger charge is 2.27. The summed E-state index contributed by atoms with van der Waals surface area (Å²) in [7, 11) is 3.14. The molecule has 6 rings (SSSR count). The molecular weight excluding hydrogens is 624 g/mol. The smallest absolute Gasteiger partial charge is 0.407 e. The number of pyridine rings is 4. The van der Waals surface area contributed by atoms with Crippen LogP contribution in [-0.4, -0.2) is 84.1 Å².